The maximum atomic E-state index is 14.3. The average molecular weight is 578 g/mol. The number of methoxy groups -OCH3 is 1. The molecule has 0 aromatic heterocycles. The first-order valence-corrected chi connectivity index (χ1v) is 14.2. The Balaban J connectivity index is 1.37. The summed E-state index contributed by atoms with van der Waals surface area (Å²) in [5.74, 6) is -0.548. The summed E-state index contributed by atoms with van der Waals surface area (Å²) < 4.78 is 5.21. The van der Waals surface area contributed by atoms with Crippen molar-refractivity contribution >= 4 is 17.5 Å². The molecule has 2 amide bonds. The van der Waals surface area contributed by atoms with Gasteiger partial charge < -0.3 is 24.9 Å². The fraction of sp³-hybridized carbons (Fsp3) is 0.229. The van der Waals surface area contributed by atoms with Crippen molar-refractivity contribution in [3.05, 3.63) is 138 Å². The quantitative estimate of drug-likeness (QED) is 0.199. The Labute approximate surface area is 251 Å². The molecular weight excluding hydrogens is 542 g/mol. The number of hydrogen-bond donors (Lipinski definition) is 2. The Kier molecular flexibility index (Phi) is 9.82. The summed E-state index contributed by atoms with van der Waals surface area (Å²) in [5.41, 5.74) is 4.00. The zero-order chi connectivity index (χ0) is 30.0. The molecule has 0 radical (unpaired) electrons. The van der Waals surface area contributed by atoms with E-state index in [0.717, 1.165) is 28.0 Å². The van der Waals surface area contributed by atoms with Gasteiger partial charge in [0.15, 0.2) is 0 Å². The lowest BCUT2D eigenvalue weighted by atomic mass is 9.90. The largest absolute Gasteiger partial charge is 0.497 e. The van der Waals surface area contributed by atoms with Gasteiger partial charge in [0.05, 0.1) is 25.3 Å². The van der Waals surface area contributed by atoms with Crippen LogP contribution in [0, 0.1) is 0 Å². The number of benzene rings is 4. The molecule has 2 N–H and O–H groups in total. The predicted molar refractivity (Wildman–Crippen MR) is 164 cm³/mol. The van der Waals surface area contributed by atoms with E-state index in [-0.39, 0.29) is 31.9 Å². The number of aliphatic hydroxyl groups is 1. The van der Waals surface area contributed by atoms with Crippen LogP contribution in [0.2, 0.25) is 0 Å². The number of likely N-dealkylation sites (tertiary alicyclic amines) is 1. The van der Waals surface area contributed by atoms with Crippen molar-refractivity contribution in [3.63, 3.8) is 0 Å². The lowest BCUT2D eigenvalue weighted by Gasteiger charge is -2.29. The Morgan fingerprint density at radius 2 is 1.44 bits per heavy atom. The maximum absolute atomic E-state index is 14.3. The molecule has 0 bridgehead atoms. The van der Waals surface area contributed by atoms with Crippen molar-refractivity contribution in [2.24, 2.45) is 5.16 Å². The van der Waals surface area contributed by atoms with Crippen LogP contribution in [-0.2, 0) is 27.5 Å². The predicted octanol–water partition coefficient (Wildman–Crippen LogP) is 4.68. The van der Waals surface area contributed by atoms with E-state index >= 15 is 0 Å². The summed E-state index contributed by atoms with van der Waals surface area (Å²) in [5, 5.41) is 17.7. The normalized spacial score (nSPS) is 16.2. The van der Waals surface area contributed by atoms with E-state index in [9.17, 15) is 14.7 Å². The Morgan fingerprint density at radius 3 is 2.02 bits per heavy atom. The van der Waals surface area contributed by atoms with Crippen molar-refractivity contribution < 1.29 is 24.3 Å². The number of aliphatic hydroxyl groups excluding tert-OH is 1. The van der Waals surface area contributed by atoms with Gasteiger partial charge in [-0.3, -0.25) is 9.59 Å². The number of hydrogen-bond acceptors (Lipinski definition) is 6. The van der Waals surface area contributed by atoms with Crippen molar-refractivity contribution in [1.29, 1.82) is 0 Å². The molecule has 220 valence electrons. The van der Waals surface area contributed by atoms with Gasteiger partial charge in [-0.15, -0.1) is 0 Å². The molecule has 1 saturated heterocycles. The molecule has 0 aliphatic carbocycles. The van der Waals surface area contributed by atoms with Gasteiger partial charge in [-0.1, -0.05) is 108 Å². The molecule has 1 aliphatic heterocycles. The fourth-order valence-electron chi connectivity index (χ4n) is 5.24. The summed E-state index contributed by atoms with van der Waals surface area (Å²) in [6.07, 6.45) is -0.678. The minimum Gasteiger partial charge on any atom is -0.497 e. The molecule has 8 heteroatoms. The first-order valence-electron chi connectivity index (χ1n) is 14.2. The number of ether oxygens (including phenoxy) is 1. The van der Waals surface area contributed by atoms with Gasteiger partial charge in [-0.25, -0.2) is 0 Å². The van der Waals surface area contributed by atoms with Crippen LogP contribution in [0.5, 0.6) is 5.75 Å². The Bertz CT molecular complexity index is 1470. The highest BCUT2D eigenvalue weighted by Crippen LogP contribution is 2.30. The highest BCUT2D eigenvalue weighted by molar-refractivity contribution is 6.02. The van der Waals surface area contributed by atoms with Crippen LogP contribution in [0.1, 0.15) is 34.6 Å². The zero-order valence-corrected chi connectivity index (χ0v) is 24.0. The molecule has 1 fully saturated rings. The van der Waals surface area contributed by atoms with E-state index < -0.39 is 24.1 Å². The highest BCUT2D eigenvalue weighted by Gasteiger charge is 2.41. The zero-order valence-electron chi connectivity index (χ0n) is 24.0. The molecule has 8 nitrogen and oxygen atoms in total. The highest BCUT2D eigenvalue weighted by atomic mass is 16.6. The van der Waals surface area contributed by atoms with Gasteiger partial charge in [0.2, 0.25) is 11.8 Å². The molecule has 1 heterocycles. The topological polar surface area (TPSA) is 100 Å². The summed E-state index contributed by atoms with van der Waals surface area (Å²) >= 11 is 0. The van der Waals surface area contributed by atoms with Crippen LogP contribution >= 0.6 is 0 Å². The smallest absolute Gasteiger partial charge is 0.245 e. The van der Waals surface area contributed by atoms with Crippen LogP contribution in [0.25, 0.3) is 0 Å². The number of carbonyl (C=O) groups is 2. The lowest BCUT2D eigenvalue weighted by Crippen LogP contribution is -2.50. The summed E-state index contributed by atoms with van der Waals surface area (Å²) in [6.45, 7) is 0.356. The molecule has 2 atom stereocenters. The van der Waals surface area contributed by atoms with Crippen LogP contribution in [0.3, 0.4) is 0 Å². The Hall–Kier alpha value is -4.95. The first kappa shape index (κ1) is 29.5. The third kappa shape index (κ3) is 7.67. The molecule has 5 rings (SSSR count). The van der Waals surface area contributed by atoms with Crippen LogP contribution in [-0.4, -0.2) is 53.5 Å². The minimum absolute atomic E-state index is 0.129. The van der Waals surface area contributed by atoms with E-state index in [1.165, 1.54) is 0 Å². The third-order valence-corrected chi connectivity index (χ3v) is 7.42. The molecular formula is C35H35N3O5. The van der Waals surface area contributed by atoms with Gasteiger partial charge >= 0.3 is 0 Å². The second-order valence-electron chi connectivity index (χ2n) is 10.4. The SMILES string of the molecule is COc1ccc(CO/N=C2\C[C@@H](C(=O)N[C@H](O)Cc3ccccc3)N(C(=O)C(c3ccccc3)c3ccccc3)C2)cc1. The number of nitrogens with one attached hydrogen (secondary N) is 1. The number of amides is 2. The van der Waals surface area contributed by atoms with Crippen molar-refractivity contribution in [1.82, 2.24) is 10.2 Å². The minimum atomic E-state index is -1.11. The molecule has 43 heavy (non-hydrogen) atoms. The van der Waals surface area contributed by atoms with Crippen LogP contribution in [0.4, 0.5) is 0 Å². The molecule has 0 saturated carbocycles. The standard InChI is InChI=1S/C35H35N3O5/c1-42-30-19-17-26(18-20-30)24-43-37-29-22-31(34(40)36-32(39)21-25-11-5-2-6-12-25)38(23-29)35(41)33(27-13-7-3-8-14-27)28-15-9-4-10-16-28/h2-20,31-33,39H,21-24H2,1H3,(H,36,40)/b37-29+/t31-,32+/m0/s1. The van der Waals surface area contributed by atoms with Crippen LogP contribution < -0.4 is 10.1 Å². The van der Waals surface area contributed by atoms with Crippen molar-refractivity contribution in [2.45, 2.75) is 37.6 Å². The molecule has 4 aromatic rings. The summed E-state index contributed by atoms with van der Waals surface area (Å²) in [7, 11) is 1.61. The molecule has 0 spiro atoms. The Morgan fingerprint density at radius 1 is 0.860 bits per heavy atom. The maximum Gasteiger partial charge on any atom is 0.245 e. The van der Waals surface area contributed by atoms with Crippen molar-refractivity contribution in [2.75, 3.05) is 13.7 Å². The summed E-state index contributed by atoms with van der Waals surface area (Å²) in [4.78, 5) is 35.1. The first-order chi connectivity index (χ1) is 21.0. The van der Waals surface area contributed by atoms with Crippen molar-refractivity contribution in [3.8, 4) is 5.75 Å². The van der Waals surface area contributed by atoms with Gasteiger partial charge in [0.1, 0.15) is 24.6 Å². The lowest BCUT2D eigenvalue weighted by molar-refractivity contribution is -0.140. The van der Waals surface area contributed by atoms with Crippen LogP contribution in [0.15, 0.2) is 120 Å². The van der Waals surface area contributed by atoms with Gasteiger partial charge in [0, 0.05) is 12.8 Å². The van der Waals surface area contributed by atoms with Gasteiger partial charge in [-0.05, 0) is 34.4 Å². The molecule has 0 unspecified atom stereocenters. The average Bonchev–Trinajstić information content (AvgIpc) is 3.47. The number of nitrogens with zero attached hydrogens (tertiary/aromatic N) is 2. The van der Waals surface area contributed by atoms with E-state index in [0.29, 0.717) is 5.71 Å². The monoisotopic (exact) mass is 577 g/mol. The molecule has 1 aliphatic rings. The van der Waals surface area contributed by atoms with E-state index in [4.69, 9.17) is 9.57 Å². The second kappa shape index (κ2) is 14.3. The number of carbonyl (C=O) groups excluding carboxylic acids is 2. The van der Waals surface area contributed by atoms with E-state index in [1.54, 1.807) is 12.0 Å². The third-order valence-electron chi connectivity index (χ3n) is 7.42. The van der Waals surface area contributed by atoms with E-state index in [1.807, 2.05) is 115 Å². The summed E-state index contributed by atoms with van der Waals surface area (Å²) in [6, 6.07) is 35.1. The van der Waals surface area contributed by atoms with Gasteiger partial charge in [0.25, 0.3) is 0 Å². The fourth-order valence-corrected chi connectivity index (χ4v) is 5.24. The number of oxime groups is 1. The van der Waals surface area contributed by atoms with Gasteiger partial charge in [-0.2, -0.15) is 0 Å². The molecule has 4 aromatic carbocycles. The number of rotatable bonds is 11. The van der Waals surface area contributed by atoms with E-state index in [2.05, 4.69) is 10.5 Å². The second-order valence-corrected chi connectivity index (χ2v) is 10.4.